The zero-order chi connectivity index (χ0) is 44.0. The lowest BCUT2D eigenvalue weighted by Gasteiger charge is -2.35. The number of aliphatic hydroxyl groups excluding tert-OH is 2. The molecule has 1 spiro atoms. The minimum Gasteiger partial charge on any atom is -0.454 e. The number of H-pyrrole nitrogens is 1. The van der Waals surface area contributed by atoms with Crippen LogP contribution in [0.4, 0.5) is 11.8 Å². The summed E-state index contributed by atoms with van der Waals surface area (Å²) in [6.45, 7) is 3.30. The number of carbonyl (C=O) groups excluding carboxylic acids is 2. The van der Waals surface area contributed by atoms with Gasteiger partial charge < -0.3 is 45.0 Å². The number of hydrogen-bond donors (Lipinski definition) is 5. The van der Waals surface area contributed by atoms with Crippen LogP contribution in [0.15, 0.2) is 23.8 Å². The van der Waals surface area contributed by atoms with Gasteiger partial charge in [0, 0.05) is 5.41 Å². The van der Waals surface area contributed by atoms with Crippen molar-refractivity contribution in [3.05, 3.63) is 29.3 Å². The van der Waals surface area contributed by atoms with Crippen LogP contribution in [-0.2, 0) is 51.0 Å². The fourth-order valence-corrected chi connectivity index (χ4v) is 14.4. The highest BCUT2D eigenvalue weighted by Gasteiger charge is 2.77. The average molecular weight is 913 g/mol. The van der Waals surface area contributed by atoms with Crippen molar-refractivity contribution in [2.75, 3.05) is 37.4 Å². The highest BCUT2D eigenvalue weighted by Crippen LogP contribution is 2.82. The van der Waals surface area contributed by atoms with Crippen LogP contribution in [0.3, 0.4) is 0 Å². The molecule has 0 radical (unpaired) electrons. The summed E-state index contributed by atoms with van der Waals surface area (Å²) in [5.41, 5.74) is 7.03. The van der Waals surface area contributed by atoms with E-state index in [4.69, 9.17) is 43.8 Å². The molecule has 6 heterocycles. The number of phosphoric ester groups is 1. The zero-order valence-corrected chi connectivity index (χ0v) is 36.4. The Morgan fingerprint density at radius 2 is 1.66 bits per heavy atom. The summed E-state index contributed by atoms with van der Waals surface area (Å²) in [4.78, 5) is 61.6. The predicted molar refractivity (Wildman–Crippen MR) is 213 cm³/mol. The third-order valence-corrected chi connectivity index (χ3v) is 17.5. The standard InChI is InChI=1S/C34H46N10O14P2S/c1-32(2,3)29(48)52-13-56-60(51)55-9-34-7-15(34)19(43-11-39-17-24(35)37-10-38-25(17)43)21(46)23(34)59(50,61-14-53-30(49)33(4,5)6)54-8-16-20(45)22(58-60)28(57-16)44-12-40-18-26(44)41-31(36)42-27(18)47/h10-12,15-16,19-23,28,45-46H,7-9,13-14H2,1-6H3,(H2,35,37,38)(H3,36,41,42,47)/t15-,16-,19-,20-,21+,22-,23+,28-,34?,59-,60+/m1/s1. The number of nitrogen functional groups attached to an aromatic ring is 2. The van der Waals surface area contributed by atoms with Gasteiger partial charge in [0.1, 0.15) is 36.1 Å². The summed E-state index contributed by atoms with van der Waals surface area (Å²) >= 11 is 0.656. The smallest absolute Gasteiger partial charge is 0.454 e. The normalized spacial score (nSPS) is 34.0. The number of fused-ring (bicyclic) bond motifs is 4. The van der Waals surface area contributed by atoms with E-state index in [1.165, 1.54) is 17.2 Å². The average Bonchev–Trinajstić information content (AvgIpc) is 3.48. The van der Waals surface area contributed by atoms with Crippen LogP contribution in [0.2, 0.25) is 0 Å². The van der Waals surface area contributed by atoms with E-state index in [2.05, 4.69) is 29.9 Å². The van der Waals surface area contributed by atoms with Gasteiger partial charge >= 0.3 is 19.8 Å². The first-order valence-corrected chi connectivity index (χ1v) is 23.8. The number of aromatic nitrogens is 8. The first kappa shape index (κ1) is 43.6. The fraction of sp³-hybridized carbons (Fsp3) is 0.647. The number of carbonyl (C=O) groups is 2. The van der Waals surface area contributed by atoms with Gasteiger partial charge in [-0.05, 0) is 65.3 Å². The van der Waals surface area contributed by atoms with Crippen LogP contribution in [0.5, 0.6) is 0 Å². The number of ether oxygens (including phenoxy) is 3. The maximum absolute atomic E-state index is 15.7. The molecule has 11 atom stereocenters. The van der Waals surface area contributed by atoms with Crippen molar-refractivity contribution >= 4 is 71.8 Å². The van der Waals surface area contributed by atoms with Crippen molar-refractivity contribution in [1.82, 2.24) is 39.0 Å². The Kier molecular flexibility index (Phi) is 11.0. The van der Waals surface area contributed by atoms with Gasteiger partial charge in [-0.3, -0.25) is 37.5 Å². The van der Waals surface area contributed by atoms with E-state index in [1.54, 1.807) is 46.1 Å². The molecule has 8 rings (SSSR count). The van der Waals surface area contributed by atoms with Crippen LogP contribution >= 0.6 is 25.8 Å². The topological polar surface area (TPSA) is 333 Å². The highest BCUT2D eigenvalue weighted by atomic mass is 32.7. The molecule has 332 valence electrons. The number of phosphoric acid groups is 1. The van der Waals surface area contributed by atoms with Crippen LogP contribution in [0.25, 0.3) is 22.3 Å². The van der Waals surface area contributed by atoms with Gasteiger partial charge in [-0.2, -0.15) is 4.98 Å². The van der Waals surface area contributed by atoms with E-state index >= 15 is 4.57 Å². The van der Waals surface area contributed by atoms with Gasteiger partial charge in [0.15, 0.2) is 28.9 Å². The summed E-state index contributed by atoms with van der Waals surface area (Å²) in [6, 6.07) is -0.873. The van der Waals surface area contributed by atoms with Gasteiger partial charge in [-0.15, -0.1) is 0 Å². The van der Waals surface area contributed by atoms with Crippen LogP contribution in [0.1, 0.15) is 60.2 Å². The quantitative estimate of drug-likeness (QED) is 0.0961. The molecule has 7 N–H and O–H groups in total. The third-order valence-electron chi connectivity index (χ3n) is 11.1. The van der Waals surface area contributed by atoms with E-state index in [0.717, 1.165) is 6.33 Å². The summed E-state index contributed by atoms with van der Waals surface area (Å²) in [5.74, 6) is -2.51. The molecule has 4 aliphatic rings. The van der Waals surface area contributed by atoms with Gasteiger partial charge in [0.2, 0.25) is 12.7 Å². The fourth-order valence-electron chi connectivity index (χ4n) is 7.99. The SMILES string of the molecule is CC(C)(C)C(=O)OCO[P@]1(=O)OCC23C[C@@H]2[C@@H](n2cnc4c(N)ncnc42)[C@H](O)[C@@H]3[P@](=O)(SCOC(=O)C(C)(C)C)OC[C@H]2O[C@@H](n3cnc4c(=O)[nH]c(N)nc43)[C@H](O1)[C@@H]2O. The Bertz CT molecular complexity index is 2540. The van der Waals surface area contributed by atoms with Gasteiger partial charge in [0.05, 0.1) is 54.5 Å². The van der Waals surface area contributed by atoms with E-state index in [9.17, 15) is 29.2 Å². The number of nitrogens with two attached hydrogens (primary N) is 2. The second kappa shape index (κ2) is 15.3. The lowest BCUT2D eigenvalue weighted by Crippen LogP contribution is -2.39. The molecular weight excluding hydrogens is 866 g/mol. The van der Waals surface area contributed by atoms with E-state index < -0.39 is 122 Å². The van der Waals surface area contributed by atoms with Crippen LogP contribution in [-0.4, -0.2) is 117 Å². The van der Waals surface area contributed by atoms with Gasteiger partial charge in [-0.25, -0.2) is 29.0 Å². The van der Waals surface area contributed by atoms with Crippen molar-refractivity contribution in [3.8, 4) is 0 Å². The van der Waals surface area contributed by atoms with Crippen LogP contribution in [0, 0.1) is 22.2 Å². The number of esters is 2. The van der Waals surface area contributed by atoms with Crippen molar-refractivity contribution < 1.29 is 61.2 Å². The second-order valence-corrected chi connectivity index (χ2v) is 23.7. The number of imidazole rings is 2. The summed E-state index contributed by atoms with van der Waals surface area (Å²) < 4.78 is 74.6. The first-order valence-electron chi connectivity index (χ1n) is 19.0. The maximum Gasteiger partial charge on any atom is 0.478 e. The molecule has 0 amide bonds. The van der Waals surface area contributed by atoms with Gasteiger partial charge in [-0.1, -0.05) is 0 Å². The van der Waals surface area contributed by atoms with E-state index in [0.29, 0.717) is 11.4 Å². The minimum absolute atomic E-state index is 0.0887. The first-order chi connectivity index (χ1) is 28.6. The number of nitrogens with one attached hydrogen (secondary N) is 1. The number of anilines is 2. The molecule has 4 aromatic heterocycles. The summed E-state index contributed by atoms with van der Waals surface area (Å²) in [7, 11) is -4.99. The largest absolute Gasteiger partial charge is 0.478 e. The zero-order valence-electron chi connectivity index (χ0n) is 33.8. The molecule has 0 aromatic carbocycles. The molecule has 27 heteroatoms. The molecule has 4 fully saturated rings. The van der Waals surface area contributed by atoms with E-state index in [1.807, 2.05) is 0 Å². The summed E-state index contributed by atoms with van der Waals surface area (Å²) in [6.07, 6.45) is -3.75. The molecule has 2 saturated heterocycles. The lowest BCUT2D eigenvalue weighted by atomic mass is 9.98. The summed E-state index contributed by atoms with van der Waals surface area (Å²) in [5, 5.41) is 24.2. The Labute approximate surface area is 350 Å². The monoisotopic (exact) mass is 912 g/mol. The number of aliphatic hydroxyl groups is 2. The van der Waals surface area contributed by atoms with Crippen molar-refractivity contribution in [2.24, 2.45) is 22.2 Å². The molecule has 1 unspecified atom stereocenters. The van der Waals surface area contributed by atoms with Crippen molar-refractivity contribution in [1.29, 1.82) is 0 Å². The Hall–Kier alpha value is -4.03. The predicted octanol–water partition coefficient (Wildman–Crippen LogP) is 2.25. The highest BCUT2D eigenvalue weighted by molar-refractivity contribution is 8.56. The van der Waals surface area contributed by atoms with Crippen molar-refractivity contribution in [2.45, 2.75) is 90.3 Å². The number of aromatic amines is 1. The molecule has 2 bridgehead atoms. The Morgan fingerprint density at radius 3 is 2.38 bits per heavy atom. The Balaban J connectivity index is 1.21. The third kappa shape index (κ3) is 7.76. The molecule has 24 nitrogen and oxygen atoms in total. The number of nitrogens with zero attached hydrogens (tertiary/aromatic N) is 7. The Morgan fingerprint density at radius 1 is 0.967 bits per heavy atom. The minimum atomic E-state index is -4.99. The molecular formula is C34H46N10O14P2S. The number of rotatable bonds is 8. The van der Waals surface area contributed by atoms with Crippen molar-refractivity contribution in [3.63, 3.8) is 0 Å². The van der Waals surface area contributed by atoms with Gasteiger partial charge in [0.25, 0.3) is 12.1 Å². The lowest BCUT2D eigenvalue weighted by molar-refractivity contribution is -0.161. The van der Waals surface area contributed by atoms with E-state index in [-0.39, 0.29) is 40.5 Å². The molecule has 2 aliphatic heterocycles. The number of hydrogen-bond acceptors (Lipinski definition) is 22. The van der Waals surface area contributed by atoms with Crippen LogP contribution < -0.4 is 17.0 Å². The molecule has 4 aromatic rings. The second-order valence-electron chi connectivity index (χ2n) is 17.4. The molecule has 61 heavy (non-hydrogen) atoms. The molecule has 2 aliphatic carbocycles. The molecule has 2 saturated carbocycles. The maximum atomic E-state index is 15.7.